The van der Waals surface area contributed by atoms with Crippen LogP contribution in [0.25, 0.3) is 0 Å². The van der Waals surface area contributed by atoms with Crippen molar-refractivity contribution in [1.29, 1.82) is 0 Å². The number of carbonyl (C=O) groups excluding carboxylic acids is 4. The van der Waals surface area contributed by atoms with Crippen LogP contribution in [0, 0.1) is 17.8 Å². The lowest BCUT2D eigenvalue weighted by Gasteiger charge is -2.21. The molecule has 576 valence electrons. The number of aliphatic hydroxyl groups excluding tert-OH is 1. The average molecular weight is 1420 g/mol. The van der Waals surface area contributed by atoms with E-state index in [0.717, 1.165) is 114 Å². The molecular formula is C78H152O17P2. The number of ether oxygens (including phenoxy) is 4. The number of aliphatic hydroxyl groups is 1. The Morgan fingerprint density at radius 1 is 0.299 bits per heavy atom. The first-order chi connectivity index (χ1) is 46.8. The predicted molar refractivity (Wildman–Crippen MR) is 395 cm³/mol. The number of hydrogen-bond acceptors (Lipinski definition) is 15. The van der Waals surface area contributed by atoms with Crippen molar-refractivity contribution in [2.24, 2.45) is 17.8 Å². The molecule has 97 heavy (non-hydrogen) atoms. The summed E-state index contributed by atoms with van der Waals surface area (Å²) in [5.41, 5.74) is 0. The molecule has 0 saturated heterocycles. The SMILES string of the molecule is CCCCCCCCCCC(=O)OC[C@H](COP(=O)(O)OC[C@H](O)COP(=O)(O)OC[C@@H](COC(=O)CCCCCCCCCCCCCCCCC(C)CC)OC(=O)CCCCCCCCCCCCCCCCC(C)CC)OC(=O)CCCCCCCCCCCCC(C)C. The van der Waals surface area contributed by atoms with Crippen molar-refractivity contribution in [3.63, 3.8) is 0 Å². The minimum Gasteiger partial charge on any atom is -0.462 e. The second kappa shape index (κ2) is 68.5. The maximum absolute atomic E-state index is 13.1. The van der Waals surface area contributed by atoms with Gasteiger partial charge in [0.15, 0.2) is 12.2 Å². The molecule has 0 aromatic heterocycles. The van der Waals surface area contributed by atoms with Crippen LogP contribution in [0.5, 0.6) is 0 Å². The zero-order chi connectivity index (χ0) is 71.6. The molecule has 4 unspecified atom stereocenters. The smallest absolute Gasteiger partial charge is 0.462 e. The third-order valence-corrected chi connectivity index (χ3v) is 20.8. The Bertz CT molecular complexity index is 1890. The summed E-state index contributed by atoms with van der Waals surface area (Å²) in [5, 5.41) is 10.6. The summed E-state index contributed by atoms with van der Waals surface area (Å²) in [6.45, 7) is 12.0. The van der Waals surface area contributed by atoms with Gasteiger partial charge in [-0.1, -0.05) is 350 Å². The number of carbonyl (C=O) groups is 4. The highest BCUT2D eigenvalue weighted by Gasteiger charge is 2.30. The topological polar surface area (TPSA) is 237 Å². The van der Waals surface area contributed by atoms with Crippen LogP contribution in [0.4, 0.5) is 0 Å². The van der Waals surface area contributed by atoms with Crippen molar-refractivity contribution in [1.82, 2.24) is 0 Å². The Kier molecular flexibility index (Phi) is 67.1. The largest absolute Gasteiger partial charge is 0.472 e. The van der Waals surface area contributed by atoms with Crippen molar-refractivity contribution < 1.29 is 80.2 Å². The van der Waals surface area contributed by atoms with Crippen LogP contribution in [0.2, 0.25) is 0 Å². The third kappa shape index (κ3) is 69.5. The quantitative estimate of drug-likeness (QED) is 0.0222. The molecule has 0 aliphatic carbocycles. The highest BCUT2D eigenvalue weighted by Crippen LogP contribution is 2.45. The molecular weight excluding hydrogens is 1270 g/mol. The van der Waals surface area contributed by atoms with Crippen molar-refractivity contribution in [2.45, 2.75) is 420 Å². The van der Waals surface area contributed by atoms with Crippen LogP contribution in [0.3, 0.4) is 0 Å². The molecule has 0 radical (unpaired) electrons. The molecule has 3 N–H and O–H groups in total. The first-order valence-corrected chi connectivity index (χ1v) is 43.4. The van der Waals surface area contributed by atoms with Gasteiger partial charge < -0.3 is 33.8 Å². The molecule has 0 rings (SSSR count). The van der Waals surface area contributed by atoms with Gasteiger partial charge in [0.05, 0.1) is 26.4 Å². The second-order valence-electron chi connectivity index (χ2n) is 29.1. The fourth-order valence-electron chi connectivity index (χ4n) is 11.9. The van der Waals surface area contributed by atoms with E-state index in [4.69, 9.17) is 37.0 Å². The fourth-order valence-corrected chi connectivity index (χ4v) is 13.5. The van der Waals surface area contributed by atoms with E-state index in [1.807, 2.05) is 0 Å². The van der Waals surface area contributed by atoms with E-state index in [0.29, 0.717) is 25.7 Å². The number of unbranched alkanes of at least 4 members (excludes halogenated alkanes) is 42. The molecule has 0 aliphatic heterocycles. The molecule has 0 aromatic rings. The third-order valence-electron chi connectivity index (χ3n) is 18.9. The summed E-state index contributed by atoms with van der Waals surface area (Å²) in [5.74, 6) is 0.331. The van der Waals surface area contributed by atoms with Gasteiger partial charge in [0.1, 0.15) is 19.3 Å². The highest BCUT2D eigenvalue weighted by atomic mass is 31.2. The lowest BCUT2D eigenvalue weighted by atomic mass is 9.99. The summed E-state index contributed by atoms with van der Waals surface area (Å²) in [6, 6.07) is 0. The van der Waals surface area contributed by atoms with Gasteiger partial charge in [0, 0.05) is 25.7 Å². The van der Waals surface area contributed by atoms with Gasteiger partial charge in [-0.2, -0.15) is 0 Å². The molecule has 0 heterocycles. The van der Waals surface area contributed by atoms with Gasteiger partial charge in [-0.05, 0) is 43.4 Å². The monoisotopic (exact) mass is 1420 g/mol. The number of rotatable bonds is 76. The van der Waals surface area contributed by atoms with Gasteiger partial charge in [0.2, 0.25) is 0 Å². The number of hydrogen-bond donors (Lipinski definition) is 3. The zero-order valence-corrected chi connectivity index (χ0v) is 65.3. The van der Waals surface area contributed by atoms with Gasteiger partial charge in [0.25, 0.3) is 0 Å². The molecule has 0 saturated carbocycles. The number of phosphoric ester groups is 2. The Labute approximate surface area is 594 Å². The van der Waals surface area contributed by atoms with Crippen molar-refractivity contribution in [2.75, 3.05) is 39.6 Å². The van der Waals surface area contributed by atoms with Crippen LogP contribution < -0.4 is 0 Å². The van der Waals surface area contributed by atoms with Crippen LogP contribution >= 0.6 is 15.6 Å². The number of esters is 4. The standard InChI is InChI=1S/C78H152O17P2/c1-8-11-12-13-14-38-45-52-59-75(80)88-65-73(94-78(83)62-55-48-41-34-28-27-29-35-42-49-56-69(4)5)67-92-96(84,85)90-63-72(79)64-91-97(86,87)93-68-74(95-77(82)61-54-47-40-33-26-22-18-16-20-24-31-37-44-51-58-71(7)10-3)66-89-76(81)60-53-46-39-32-25-21-17-15-19-23-30-36-43-50-57-70(6)9-2/h69-74,79H,8-68H2,1-7H3,(H,84,85)(H,86,87)/t70?,71?,72-,73+,74+/m0/s1. The van der Waals surface area contributed by atoms with E-state index in [-0.39, 0.29) is 25.7 Å². The molecule has 7 atom stereocenters. The molecule has 19 heteroatoms. The van der Waals surface area contributed by atoms with Gasteiger partial charge in [-0.15, -0.1) is 0 Å². The highest BCUT2D eigenvalue weighted by molar-refractivity contribution is 7.47. The summed E-state index contributed by atoms with van der Waals surface area (Å²) in [6.07, 6.45) is 55.4. The van der Waals surface area contributed by atoms with Crippen LogP contribution in [-0.2, 0) is 65.4 Å². The molecule has 0 fully saturated rings. The molecule has 17 nitrogen and oxygen atoms in total. The van der Waals surface area contributed by atoms with Crippen molar-refractivity contribution in [3.05, 3.63) is 0 Å². The van der Waals surface area contributed by atoms with Crippen LogP contribution in [0.15, 0.2) is 0 Å². The molecule has 0 spiro atoms. The van der Waals surface area contributed by atoms with E-state index in [9.17, 15) is 43.2 Å². The first-order valence-electron chi connectivity index (χ1n) is 40.4. The zero-order valence-electron chi connectivity index (χ0n) is 63.5. The van der Waals surface area contributed by atoms with Gasteiger partial charge in [-0.25, -0.2) is 9.13 Å². The maximum atomic E-state index is 13.1. The average Bonchev–Trinajstić information content (AvgIpc) is 1.33. The van der Waals surface area contributed by atoms with Crippen LogP contribution in [-0.4, -0.2) is 96.7 Å². The Morgan fingerprint density at radius 2 is 0.526 bits per heavy atom. The molecule has 0 bridgehead atoms. The Balaban J connectivity index is 5.22. The fraction of sp³-hybridized carbons (Fsp3) is 0.949. The minimum atomic E-state index is -4.96. The predicted octanol–water partition coefficient (Wildman–Crippen LogP) is 23.0. The summed E-state index contributed by atoms with van der Waals surface area (Å²) in [4.78, 5) is 72.8. The normalized spacial score (nSPS) is 14.6. The van der Waals surface area contributed by atoms with Gasteiger partial charge >= 0.3 is 39.5 Å². The Morgan fingerprint density at radius 3 is 0.784 bits per heavy atom. The summed E-state index contributed by atoms with van der Waals surface area (Å²) >= 11 is 0. The first kappa shape index (κ1) is 95.1. The molecule has 0 aromatic carbocycles. The van der Waals surface area contributed by atoms with E-state index in [1.54, 1.807) is 0 Å². The lowest BCUT2D eigenvalue weighted by Crippen LogP contribution is -2.30. The van der Waals surface area contributed by atoms with Crippen LogP contribution in [0.1, 0.15) is 402 Å². The second-order valence-corrected chi connectivity index (χ2v) is 32.0. The molecule has 0 aliphatic rings. The van der Waals surface area contributed by atoms with Crippen molar-refractivity contribution >= 4 is 39.5 Å². The summed E-state index contributed by atoms with van der Waals surface area (Å²) < 4.78 is 68.5. The summed E-state index contributed by atoms with van der Waals surface area (Å²) in [7, 11) is -9.91. The van der Waals surface area contributed by atoms with Gasteiger partial charge in [-0.3, -0.25) is 37.3 Å². The van der Waals surface area contributed by atoms with E-state index >= 15 is 0 Å². The lowest BCUT2D eigenvalue weighted by molar-refractivity contribution is -0.161. The maximum Gasteiger partial charge on any atom is 0.472 e. The minimum absolute atomic E-state index is 0.106. The van der Waals surface area contributed by atoms with E-state index in [1.165, 1.54) is 205 Å². The van der Waals surface area contributed by atoms with E-state index < -0.39 is 97.5 Å². The molecule has 0 amide bonds. The van der Waals surface area contributed by atoms with E-state index in [2.05, 4.69) is 48.5 Å². The van der Waals surface area contributed by atoms with Crippen molar-refractivity contribution in [3.8, 4) is 0 Å². The Hall–Kier alpha value is -1.94. The number of phosphoric acid groups is 2.